The van der Waals surface area contributed by atoms with Crippen molar-refractivity contribution < 1.29 is 36.2 Å². The molecule has 1 aromatic carbocycles. The van der Waals surface area contributed by atoms with E-state index in [0.29, 0.717) is 10.7 Å². The van der Waals surface area contributed by atoms with E-state index in [9.17, 15) is 31.5 Å². The van der Waals surface area contributed by atoms with Gasteiger partial charge in [-0.05, 0) is 31.9 Å². The van der Waals surface area contributed by atoms with E-state index < -0.39 is 49.7 Å². The van der Waals surface area contributed by atoms with Gasteiger partial charge in [0.25, 0.3) is 0 Å². The number of halogens is 3. The molecule has 29 heavy (non-hydrogen) atoms. The Hall–Kier alpha value is -1.98. The number of carboxylic acids is 1. The van der Waals surface area contributed by atoms with E-state index in [0.717, 1.165) is 23.5 Å². The van der Waals surface area contributed by atoms with Crippen LogP contribution in [-0.4, -0.2) is 42.9 Å². The minimum absolute atomic E-state index is 0.166. The van der Waals surface area contributed by atoms with E-state index in [1.54, 1.807) is 12.3 Å². The molecule has 0 saturated heterocycles. The van der Waals surface area contributed by atoms with E-state index in [-0.39, 0.29) is 18.4 Å². The number of alkyl halides is 3. The lowest BCUT2D eigenvalue weighted by atomic mass is 10.1. The van der Waals surface area contributed by atoms with Crippen LogP contribution in [0.3, 0.4) is 0 Å². The second kappa shape index (κ2) is 7.69. The van der Waals surface area contributed by atoms with Crippen LogP contribution in [0.15, 0.2) is 28.5 Å². The van der Waals surface area contributed by atoms with Gasteiger partial charge < -0.3 is 9.84 Å². The van der Waals surface area contributed by atoms with Gasteiger partial charge in [-0.25, -0.2) is 13.4 Å². The molecule has 11 heteroatoms. The van der Waals surface area contributed by atoms with E-state index in [1.165, 1.54) is 13.2 Å². The van der Waals surface area contributed by atoms with Crippen molar-refractivity contribution in [1.82, 2.24) is 4.98 Å². The predicted octanol–water partition coefficient (Wildman–Crippen LogP) is 3.79. The zero-order valence-electron chi connectivity index (χ0n) is 15.4. The maximum atomic E-state index is 13.7. The molecule has 1 aliphatic carbocycles. The third-order valence-electron chi connectivity index (χ3n) is 4.98. The van der Waals surface area contributed by atoms with Gasteiger partial charge in [0.15, 0.2) is 9.84 Å². The lowest BCUT2D eigenvalue weighted by molar-refractivity contribution is -0.145. The summed E-state index contributed by atoms with van der Waals surface area (Å²) >= 11 is 1.16. The minimum Gasteiger partial charge on any atom is -0.481 e. The third-order valence-corrected chi connectivity index (χ3v) is 8.22. The van der Waals surface area contributed by atoms with Gasteiger partial charge in [-0.3, -0.25) is 4.79 Å². The molecule has 0 spiro atoms. The lowest BCUT2D eigenvalue weighted by Gasteiger charge is -2.18. The van der Waals surface area contributed by atoms with Gasteiger partial charge in [0.1, 0.15) is 5.01 Å². The van der Waals surface area contributed by atoms with Crippen LogP contribution < -0.4 is 0 Å². The number of hydrogen-bond acceptors (Lipinski definition) is 6. The number of benzene rings is 1. The van der Waals surface area contributed by atoms with Crippen molar-refractivity contribution in [3.05, 3.63) is 34.8 Å². The Balaban J connectivity index is 2.06. The number of ether oxygens (including phenoxy) is 1. The Morgan fingerprint density at radius 3 is 2.48 bits per heavy atom. The topological polar surface area (TPSA) is 93.6 Å². The normalized spacial score (nSPS) is 22.7. The third kappa shape index (κ3) is 4.17. The van der Waals surface area contributed by atoms with Crippen molar-refractivity contribution >= 4 is 27.1 Å². The molecule has 3 atom stereocenters. The molecule has 6 nitrogen and oxygen atoms in total. The zero-order valence-corrected chi connectivity index (χ0v) is 17.1. The second-order valence-corrected chi connectivity index (χ2v) is 9.91. The molecule has 2 aromatic rings. The number of aliphatic carboxylic acids is 1. The van der Waals surface area contributed by atoms with Crippen LogP contribution in [0, 0.1) is 12.8 Å². The standard InChI is InChI=1S/C18H18F3NO5S2/c1-9-8-28-16(22-9)10-3-4-15(13(5-10)18(19,20)21)29(25,26)11-6-12(17(23)24)14(7-11)27-2/h3-5,8,11-12,14H,6-7H2,1-2H3,(H,23,24)/t11-,12-,14-/m0/s1. The molecule has 0 bridgehead atoms. The number of aryl methyl sites for hydroxylation is 1. The highest BCUT2D eigenvalue weighted by molar-refractivity contribution is 7.92. The summed E-state index contributed by atoms with van der Waals surface area (Å²) in [5.41, 5.74) is -0.471. The Morgan fingerprint density at radius 1 is 1.31 bits per heavy atom. The number of methoxy groups -OCH3 is 1. The maximum Gasteiger partial charge on any atom is 0.417 e. The fourth-order valence-corrected chi connectivity index (χ4v) is 6.32. The molecule has 0 aliphatic heterocycles. The van der Waals surface area contributed by atoms with Crippen LogP contribution in [0.1, 0.15) is 24.1 Å². The zero-order chi connectivity index (χ0) is 21.6. The largest absolute Gasteiger partial charge is 0.481 e. The van der Waals surface area contributed by atoms with Crippen molar-refractivity contribution in [3.8, 4) is 10.6 Å². The summed E-state index contributed by atoms with van der Waals surface area (Å²) in [6.45, 7) is 1.70. The summed E-state index contributed by atoms with van der Waals surface area (Å²) in [5, 5.41) is 10.0. The molecule has 1 heterocycles. The number of aromatic nitrogens is 1. The molecule has 1 aliphatic rings. The van der Waals surface area contributed by atoms with Gasteiger partial charge in [0.05, 0.1) is 27.7 Å². The Labute approximate surface area is 169 Å². The number of thiazole rings is 1. The summed E-state index contributed by atoms with van der Waals surface area (Å²) < 4.78 is 72.2. The van der Waals surface area contributed by atoms with Crippen molar-refractivity contribution in [2.75, 3.05) is 7.11 Å². The second-order valence-electron chi connectivity index (χ2n) is 6.86. The van der Waals surface area contributed by atoms with Crippen molar-refractivity contribution in [2.45, 2.75) is 42.2 Å². The number of nitrogens with zero attached hydrogens (tertiary/aromatic N) is 1. The lowest BCUT2D eigenvalue weighted by Crippen LogP contribution is -2.24. The molecule has 1 N–H and O–H groups in total. The molecular formula is C18H18F3NO5S2. The number of carboxylic acid groups (broad SMARTS) is 1. The van der Waals surface area contributed by atoms with Gasteiger partial charge in [-0.2, -0.15) is 13.2 Å². The average Bonchev–Trinajstić information content (AvgIpc) is 3.27. The summed E-state index contributed by atoms with van der Waals surface area (Å²) in [4.78, 5) is 14.6. The van der Waals surface area contributed by atoms with Gasteiger partial charge in [0, 0.05) is 23.7 Å². The van der Waals surface area contributed by atoms with E-state index in [4.69, 9.17) is 4.74 Å². The van der Waals surface area contributed by atoms with E-state index >= 15 is 0 Å². The number of carbonyl (C=O) groups is 1. The number of hydrogen-bond donors (Lipinski definition) is 1. The minimum atomic E-state index is -4.91. The molecule has 158 valence electrons. The Bertz CT molecular complexity index is 1030. The monoisotopic (exact) mass is 449 g/mol. The SMILES string of the molecule is CO[C@H]1C[C@@H](S(=O)(=O)c2ccc(-c3nc(C)cs3)cc2C(F)(F)F)C[C@@H]1C(=O)O. The number of sulfone groups is 1. The average molecular weight is 449 g/mol. The number of rotatable bonds is 5. The molecule has 3 rings (SSSR count). The van der Waals surface area contributed by atoms with Crippen LogP contribution in [0.5, 0.6) is 0 Å². The maximum absolute atomic E-state index is 13.7. The fourth-order valence-electron chi connectivity index (χ4n) is 3.53. The van der Waals surface area contributed by atoms with Gasteiger partial charge >= 0.3 is 12.1 Å². The molecule has 1 saturated carbocycles. The first-order chi connectivity index (χ1) is 13.4. The van der Waals surface area contributed by atoms with Crippen molar-refractivity contribution in [3.63, 3.8) is 0 Å². The Kier molecular flexibility index (Phi) is 5.76. The van der Waals surface area contributed by atoms with Crippen LogP contribution in [0.25, 0.3) is 10.6 Å². The highest BCUT2D eigenvalue weighted by Gasteiger charge is 2.47. The predicted molar refractivity (Wildman–Crippen MR) is 99.4 cm³/mol. The highest BCUT2D eigenvalue weighted by Crippen LogP contribution is 2.42. The van der Waals surface area contributed by atoms with E-state index in [2.05, 4.69) is 4.98 Å². The molecule has 1 aromatic heterocycles. The molecule has 0 unspecified atom stereocenters. The first kappa shape index (κ1) is 21.7. The first-order valence-electron chi connectivity index (χ1n) is 8.58. The summed E-state index contributed by atoms with van der Waals surface area (Å²) in [6, 6.07) is 3.00. The smallest absolute Gasteiger partial charge is 0.417 e. The summed E-state index contributed by atoms with van der Waals surface area (Å²) in [7, 11) is -3.18. The highest BCUT2D eigenvalue weighted by atomic mass is 32.2. The van der Waals surface area contributed by atoms with Gasteiger partial charge in [-0.1, -0.05) is 6.07 Å². The molecular weight excluding hydrogens is 431 g/mol. The molecule has 1 fully saturated rings. The van der Waals surface area contributed by atoms with Crippen molar-refractivity contribution in [2.24, 2.45) is 5.92 Å². The first-order valence-corrected chi connectivity index (χ1v) is 11.0. The fraction of sp³-hybridized carbons (Fsp3) is 0.444. The van der Waals surface area contributed by atoms with E-state index in [1.807, 2.05) is 0 Å². The van der Waals surface area contributed by atoms with Crippen LogP contribution in [0.2, 0.25) is 0 Å². The van der Waals surface area contributed by atoms with Gasteiger partial charge in [0.2, 0.25) is 0 Å². The molecule has 0 radical (unpaired) electrons. The van der Waals surface area contributed by atoms with Crippen LogP contribution in [-0.2, 0) is 25.5 Å². The van der Waals surface area contributed by atoms with Gasteiger partial charge in [-0.15, -0.1) is 11.3 Å². The Morgan fingerprint density at radius 2 is 2.00 bits per heavy atom. The van der Waals surface area contributed by atoms with Crippen molar-refractivity contribution in [1.29, 1.82) is 0 Å². The summed E-state index contributed by atoms with van der Waals surface area (Å²) in [5.74, 6) is -2.33. The molecule has 0 amide bonds. The summed E-state index contributed by atoms with van der Waals surface area (Å²) in [6.07, 6.45) is -6.27. The van der Waals surface area contributed by atoms with Crippen LogP contribution >= 0.6 is 11.3 Å². The quantitative estimate of drug-likeness (QED) is 0.747. The van der Waals surface area contributed by atoms with Crippen LogP contribution in [0.4, 0.5) is 13.2 Å².